The molecule has 0 fully saturated rings. The van der Waals surface area contributed by atoms with Crippen LogP contribution in [-0.2, 0) is 16.0 Å². The number of benzene rings is 2. The molecule has 5 nitrogen and oxygen atoms in total. The molecule has 0 spiro atoms. The smallest absolute Gasteiger partial charge is 0.357 e. The molecule has 26 heavy (non-hydrogen) atoms. The zero-order valence-corrected chi connectivity index (χ0v) is 14.4. The second-order valence-corrected chi connectivity index (χ2v) is 6.41. The highest BCUT2D eigenvalue weighted by Crippen LogP contribution is 2.31. The van der Waals surface area contributed by atoms with E-state index in [2.05, 4.69) is 4.98 Å². The van der Waals surface area contributed by atoms with Gasteiger partial charge in [0.2, 0.25) is 0 Å². The standard InChI is InChI=1S/C21H18N2O3/c1-14-12-16-7-3-5-9-19(16)23(14)20(24)13-26-21(25)18-11-10-15-6-2-4-8-17(15)22-18/h2-11,14H,12-13H2,1H3. The Balaban J connectivity index is 1.46. The van der Waals surface area contributed by atoms with Crippen LogP contribution in [0.3, 0.4) is 0 Å². The van der Waals surface area contributed by atoms with Crippen molar-refractivity contribution in [3.8, 4) is 0 Å². The minimum atomic E-state index is -0.593. The van der Waals surface area contributed by atoms with Gasteiger partial charge in [0.05, 0.1) is 5.52 Å². The molecule has 130 valence electrons. The summed E-state index contributed by atoms with van der Waals surface area (Å²) in [7, 11) is 0. The lowest BCUT2D eigenvalue weighted by atomic mass is 10.1. The van der Waals surface area contributed by atoms with Gasteiger partial charge in [-0.25, -0.2) is 9.78 Å². The van der Waals surface area contributed by atoms with Crippen LogP contribution < -0.4 is 4.90 Å². The van der Waals surface area contributed by atoms with E-state index in [1.165, 1.54) is 0 Å². The lowest BCUT2D eigenvalue weighted by Crippen LogP contribution is -2.38. The van der Waals surface area contributed by atoms with Gasteiger partial charge < -0.3 is 9.64 Å². The van der Waals surface area contributed by atoms with E-state index in [1.54, 1.807) is 11.0 Å². The van der Waals surface area contributed by atoms with Crippen LogP contribution >= 0.6 is 0 Å². The Morgan fingerprint density at radius 3 is 2.73 bits per heavy atom. The van der Waals surface area contributed by atoms with Gasteiger partial charge in [-0.3, -0.25) is 4.79 Å². The molecule has 3 aromatic rings. The van der Waals surface area contributed by atoms with Gasteiger partial charge >= 0.3 is 5.97 Å². The summed E-state index contributed by atoms with van der Waals surface area (Å²) in [6.45, 7) is 1.69. The molecule has 1 aliphatic rings. The van der Waals surface area contributed by atoms with Crippen LogP contribution in [0.2, 0.25) is 0 Å². The number of esters is 1. The molecule has 1 unspecified atom stereocenters. The molecule has 4 rings (SSSR count). The second-order valence-electron chi connectivity index (χ2n) is 6.41. The number of pyridine rings is 1. The highest BCUT2D eigenvalue weighted by atomic mass is 16.5. The SMILES string of the molecule is CC1Cc2ccccc2N1C(=O)COC(=O)c1ccc2ccccc2n1. The first-order valence-corrected chi connectivity index (χ1v) is 8.56. The largest absolute Gasteiger partial charge is 0.451 e. The van der Waals surface area contributed by atoms with E-state index in [0.717, 1.165) is 28.6 Å². The maximum absolute atomic E-state index is 12.6. The average Bonchev–Trinajstić information content (AvgIpc) is 3.01. The molecule has 5 heteroatoms. The summed E-state index contributed by atoms with van der Waals surface area (Å²) in [5.74, 6) is -0.819. The number of nitrogens with zero attached hydrogens (tertiary/aromatic N) is 2. The van der Waals surface area contributed by atoms with Gasteiger partial charge in [0, 0.05) is 17.1 Å². The number of fused-ring (bicyclic) bond motifs is 2. The summed E-state index contributed by atoms with van der Waals surface area (Å²) >= 11 is 0. The number of carbonyl (C=O) groups excluding carboxylic acids is 2. The van der Waals surface area contributed by atoms with E-state index >= 15 is 0 Å². The first-order chi connectivity index (χ1) is 12.6. The van der Waals surface area contributed by atoms with E-state index < -0.39 is 5.97 Å². The van der Waals surface area contributed by atoms with Crippen molar-refractivity contribution in [2.45, 2.75) is 19.4 Å². The Labute approximate surface area is 151 Å². The third-order valence-corrected chi connectivity index (χ3v) is 4.61. The molecule has 1 atom stereocenters. The number of hydrogen-bond acceptors (Lipinski definition) is 4. The molecule has 0 aliphatic carbocycles. The van der Waals surface area contributed by atoms with E-state index in [1.807, 2.05) is 61.5 Å². The molecule has 0 saturated carbocycles. The maximum atomic E-state index is 12.6. The number of amides is 1. The van der Waals surface area contributed by atoms with Crippen LogP contribution in [0, 0.1) is 0 Å². The zero-order chi connectivity index (χ0) is 18.1. The van der Waals surface area contributed by atoms with Gasteiger partial charge in [-0.05, 0) is 37.1 Å². The molecule has 2 heterocycles. The van der Waals surface area contributed by atoms with Crippen molar-refractivity contribution in [3.63, 3.8) is 0 Å². The Morgan fingerprint density at radius 1 is 1.08 bits per heavy atom. The summed E-state index contributed by atoms with van der Waals surface area (Å²) in [6.07, 6.45) is 0.808. The number of carbonyl (C=O) groups is 2. The van der Waals surface area contributed by atoms with Crippen LogP contribution in [0.15, 0.2) is 60.7 Å². The number of para-hydroxylation sites is 2. The fourth-order valence-corrected chi connectivity index (χ4v) is 3.40. The summed E-state index contributed by atoms with van der Waals surface area (Å²) in [6, 6.07) is 18.8. The fourth-order valence-electron chi connectivity index (χ4n) is 3.40. The van der Waals surface area contributed by atoms with Crippen LogP contribution in [0.5, 0.6) is 0 Å². The van der Waals surface area contributed by atoms with Crippen molar-refractivity contribution < 1.29 is 14.3 Å². The molecule has 0 saturated heterocycles. The van der Waals surface area contributed by atoms with Crippen molar-refractivity contribution in [2.75, 3.05) is 11.5 Å². The first kappa shape index (κ1) is 16.3. The summed E-state index contributed by atoms with van der Waals surface area (Å²) in [5.41, 5.74) is 2.95. The third-order valence-electron chi connectivity index (χ3n) is 4.61. The number of rotatable bonds is 3. The molecule has 1 aliphatic heterocycles. The number of aromatic nitrogens is 1. The average molecular weight is 346 g/mol. The van der Waals surface area contributed by atoms with E-state index in [0.29, 0.717) is 0 Å². The minimum Gasteiger partial charge on any atom is -0.451 e. The van der Waals surface area contributed by atoms with Crippen molar-refractivity contribution in [2.24, 2.45) is 0 Å². The predicted octanol–water partition coefficient (Wildman–Crippen LogP) is 3.37. The summed E-state index contributed by atoms with van der Waals surface area (Å²) < 4.78 is 5.22. The van der Waals surface area contributed by atoms with Gasteiger partial charge in [0.1, 0.15) is 5.69 Å². The molecule has 0 radical (unpaired) electrons. The Hall–Kier alpha value is -3.21. The Kier molecular flexibility index (Phi) is 4.13. The van der Waals surface area contributed by atoms with Gasteiger partial charge in [0.15, 0.2) is 6.61 Å². The van der Waals surface area contributed by atoms with Gasteiger partial charge in [-0.1, -0.05) is 42.5 Å². The maximum Gasteiger partial charge on any atom is 0.357 e. The van der Waals surface area contributed by atoms with Gasteiger partial charge in [0.25, 0.3) is 5.91 Å². The topological polar surface area (TPSA) is 59.5 Å². The van der Waals surface area contributed by atoms with Gasteiger partial charge in [-0.15, -0.1) is 0 Å². The molecule has 2 aromatic carbocycles. The Bertz CT molecular complexity index is 999. The normalized spacial score (nSPS) is 15.7. The van der Waals surface area contributed by atoms with Crippen molar-refractivity contribution in [3.05, 3.63) is 71.9 Å². The van der Waals surface area contributed by atoms with Crippen LogP contribution in [0.1, 0.15) is 23.0 Å². The Morgan fingerprint density at radius 2 is 1.85 bits per heavy atom. The number of ether oxygens (including phenoxy) is 1. The molecule has 0 bridgehead atoms. The summed E-state index contributed by atoms with van der Waals surface area (Å²) in [5, 5.41) is 0.947. The molecule has 1 amide bonds. The van der Waals surface area contributed by atoms with E-state index in [9.17, 15) is 9.59 Å². The molecule has 1 aromatic heterocycles. The fraction of sp³-hybridized carbons (Fsp3) is 0.190. The minimum absolute atomic E-state index is 0.0531. The van der Waals surface area contributed by atoms with E-state index in [4.69, 9.17) is 4.74 Å². The molecule has 0 N–H and O–H groups in total. The van der Waals surface area contributed by atoms with Crippen molar-refractivity contribution in [1.82, 2.24) is 4.98 Å². The number of hydrogen-bond donors (Lipinski definition) is 0. The lowest BCUT2D eigenvalue weighted by Gasteiger charge is -2.22. The van der Waals surface area contributed by atoms with Crippen molar-refractivity contribution in [1.29, 1.82) is 0 Å². The zero-order valence-electron chi connectivity index (χ0n) is 14.4. The first-order valence-electron chi connectivity index (χ1n) is 8.56. The van der Waals surface area contributed by atoms with Crippen LogP contribution in [0.4, 0.5) is 5.69 Å². The number of anilines is 1. The predicted molar refractivity (Wildman–Crippen MR) is 99.1 cm³/mol. The van der Waals surface area contributed by atoms with Crippen LogP contribution in [0.25, 0.3) is 10.9 Å². The van der Waals surface area contributed by atoms with Crippen LogP contribution in [-0.4, -0.2) is 29.5 Å². The van der Waals surface area contributed by atoms with Crippen molar-refractivity contribution >= 4 is 28.5 Å². The highest BCUT2D eigenvalue weighted by molar-refractivity contribution is 5.99. The lowest BCUT2D eigenvalue weighted by molar-refractivity contribution is -0.122. The molecular formula is C21H18N2O3. The second kappa shape index (κ2) is 6.59. The summed E-state index contributed by atoms with van der Waals surface area (Å²) in [4.78, 5) is 30.9. The highest BCUT2D eigenvalue weighted by Gasteiger charge is 2.31. The van der Waals surface area contributed by atoms with E-state index in [-0.39, 0.29) is 24.2 Å². The monoisotopic (exact) mass is 346 g/mol. The third kappa shape index (κ3) is 2.92. The quantitative estimate of drug-likeness (QED) is 0.682. The molecular weight excluding hydrogens is 328 g/mol. The van der Waals surface area contributed by atoms with Gasteiger partial charge in [-0.2, -0.15) is 0 Å².